The first-order valence-corrected chi connectivity index (χ1v) is 15.1. The van der Waals surface area contributed by atoms with Crippen LogP contribution in [0.5, 0.6) is 0 Å². The van der Waals surface area contributed by atoms with Crippen LogP contribution < -0.4 is 10.6 Å². The van der Waals surface area contributed by atoms with E-state index in [4.69, 9.17) is 23.7 Å². The average Bonchev–Trinajstić information content (AvgIpc) is 2.95. The summed E-state index contributed by atoms with van der Waals surface area (Å²) in [5, 5.41) is 79.2. The van der Waals surface area contributed by atoms with Crippen molar-refractivity contribution in [2.24, 2.45) is 5.41 Å². The highest BCUT2D eigenvalue weighted by Crippen LogP contribution is 2.37. The summed E-state index contributed by atoms with van der Waals surface area (Å²) < 4.78 is 29.0. The Kier molecular flexibility index (Phi) is 13.5. The number of aliphatic hydroxyl groups is 7. The lowest BCUT2D eigenvalue weighted by molar-refractivity contribution is -0.361. The first-order chi connectivity index (χ1) is 20.2. The summed E-state index contributed by atoms with van der Waals surface area (Å²) in [5.74, 6) is -0.314. The second kappa shape index (κ2) is 16.0. The van der Waals surface area contributed by atoms with Gasteiger partial charge in [-0.1, -0.05) is 27.2 Å². The van der Waals surface area contributed by atoms with Crippen LogP contribution in [0.4, 0.5) is 0 Å². The van der Waals surface area contributed by atoms with Crippen LogP contribution in [0.25, 0.3) is 0 Å². The number of rotatable bonds is 12. The fraction of sp³-hybridized carbons (Fsp3) is 0.964. The SMILES string of the molecule is CNCCCCCC(=O)N[C@H]1C(O)C(O[C@@H]2OC(C)[C@H](O[C@@H]3OC[C@@H](O)C(O)C3O)C(O)C2O)[C@H](C(C)(C)C)O[C@@H]1CO. The first kappa shape index (κ1) is 36.4. The molecule has 0 aromatic heterocycles. The molecule has 43 heavy (non-hydrogen) atoms. The third-order valence-electron chi connectivity index (χ3n) is 8.23. The molecule has 0 aromatic rings. The predicted octanol–water partition coefficient (Wildman–Crippen LogP) is -2.91. The number of hydrogen-bond acceptors (Lipinski definition) is 14. The van der Waals surface area contributed by atoms with Crippen LogP contribution >= 0.6 is 0 Å². The number of carbonyl (C=O) groups is 1. The first-order valence-electron chi connectivity index (χ1n) is 15.1. The molecule has 1 amide bonds. The molecule has 15 nitrogen and oxygen atoms in total. The maximum atomic E-state index is 12.7. The number of hydrogen-bond donors (Lipinski definition) is 9. The molecule has 0 spiro atoms. The van der Waals surface area contributed by atoms with Crippen molar-refractivity contribution in [3.05, 3.63) is 0 Å². The summed E-state index contributed by atoms with van der Waals surface area (Å²) in [6, 6.07) is -1.02. The van der Waals surface area contributed by atoms with E-state index in [0.717, 1.165) is 19.4 Å². The Morgan fingerprint density at radius 3 is 2.14 bits per heavy atom. The summed E-state index contributed by atoms with van der Waals surface area (Å²) in [5.41, 5.74) is -0.628. The van der Waals surface area contributed by atoms with Gasteiger partial charge in [-0.15, -0.1) is 0 Å². The summed E-state index contributed by atoms with van der Waals surface area (Å²) >= 11 is 0. The summed E-state index contributed by atoms with van der Waals surface area (Å²) in [7, 11) is 1.86. The Labute approximate surface area is 252 Å². The van der Waals surface area contributed by atoms with Crippen molar-refractivity contribution in [1.29, 1.82) is 0 Å². The van der Waals surface area contributed by atoms with Crippen LogP contribution in [0.3, 0.4) is 0 Å². The van der Waals surface area contributed by atoms with Crippen LogP contribution in [-0.4, -0.2) is 154 Å². The van der Waals surface area contributed by atoms with Crippen LogP contribution in [0.15, 0.2) is 0 Å². The smallest absolute Gasteiger partial charge is 0.220 e. The van der Waals surface area contributed by atoms with Crippen molar-refractivity contribution in [3.63, 3.8) is 0 Å². The van der Waals surface area contributed by atoms with Gasteiger partial charge in [0.25, 0.3) is 0 Å². The molecule has 3 heterocycles. The zero-order chi connectivity index (χ0) is 32.1. The summed E-state index contributed by atoms with van der Waals surface area (Å²) in [6.07, 6.45) is -14.4. The second-order valence-corrected chi connectivity index (χ2v) is 12.8. The number of aliphatic hydroxyl groups excluding tert-OH is 7. The minimum atomic E-state index is -1.69. The topological polar surface area (TPSA) is 229 Å². The molecule has 3 fully saturated rings. The Morgan fingerprint density at radius 1 is 0.860 bits per heavy atom. The van der Waals surface area contributed by atoms with E-state index in [0.29, 0.717) is 6.42 Å². The molecule has 3 saturated heterocycles. The van der Waals surface area contributed by atoms with Crippen LogP contribution in [0, 0.1) is 5.41 Å². The van der Waals surface area contributed by atoms with Crippen molar-refractivity contribution >= 4 is 5.91 Å². The van der Waals surface area contributed by atoms with E-state index in [1.54, 1.807) is 0 Å². The number of carbonyl (C=O) groups excluding carboxylic acids is 1. The van der Waals surface area contributed by atoms with Crippen LogP contribution in [-0.2, 0) is 28.5 Å². The van der Waals surface area contributed by atoms with Gasteiger partial charge in [-0.3, -0.25) is 4.79 Å². The zero-order valence-corrected chi connectivity index (χ0v) is 25.6. The molecule has 0 bridgehead atoms. The van der Waals surface area contributed by atoms with Gasteiger partial charge in [0.1, 0.15) is 54.9 Å². The highest BCUT2D eigenvalue weighted by Gasteiger charge is 2.54. The van der Waals surface area contributed by atoms with Gasteiger partial charge in [0.05, 0.1) is 31.5 Å². The molecule has 15 heteroatoms. The summed E-state index contributed by atoms with van der Waals surface area (Å²) in [6.45, 7) is 7.13. The lowest BCUT2D eigenvalue weighted by Crippen LogP contribution is -2.69. The van der Waals surface area contributed by atoms with E-state index in [1.165, 1.54) is 6.92 Å². The molecule has 0 radical (unpaired) electrons. The van der Waals surface area contributed by atoms with E-state index in [-0.39, 0.29) is 18.9 Å². The second-order valence-electron chi connectivity index (χ2n) is 12.8. The number of unbranched alkanes of at least 4 members (excludes halogenated alkanes) is 2. The largest absolute Gasteiger partial charge is 0.394 e. The maximum Gasteiger partial charge on any atom is 0.220 e. The molecule has 3 aliphatic heterocycles. The fourth-order valence-corrected chi connectivity index (χ4v) is 5.67. The van der Waals surface area contributed by atoms with E-state index < -0.39 is 97.8 Å². The molecule has 9 N–H and O–H groups in total. The molecular formula is C28H52N2O13. The third kappa shape index (κ3) is 9.03. The molecule has 3 aliphatic rings. The molecule has 14 atom stereocenters. The van der Waals surface area contributed by atoms with Gasteiger partial charge in [0.2, 0.25) is 5.91 Å². The Balaban J connectivity index is 1.71. The maximum absolute atomic E-state index is 12.7. The zero-order valence-electron chi connectivity index (χ0n) is 25.6. The van der Waals surface area contributed by atoms with Gasteiger partial charge in [-0.2, -0.15) is 0 Å². The van der Waals surface area contributed by atoms with Gasteiger partial charge in [0.15, 0.2) is 12.6 Å². The molecule has 0 aromatic carbocycles. The molecule has 252 valence electrons. The summed E-state index contributed by atoms with van der Waals surface area (Å²) in [4.78, 5) is 12.7. The van der Waals surface area contributed by atoms with Crippen molar-refractivity contribution in [2.75, 3.05) is 26.8 Å². The molecule has 7 unspecified atom stereocenters. The van der Waals surface area contributed by atoms with Crippen molar-refractivity contribution in [1.82, 2.24) is 10.6 Å². The van der Waals surface area contributed by atoms with Gasteiger partial charge in [-0.25, -0.2) is 0 Å². The van der Waals surface area contributed by atoms with Crippen LogP contribution in [0.2, 0.25) is 0 Å². The van der Waals surface area contributed by atoms with E-state index in [1.807, 2.05) is 27.8 Å². The van der Waals surface area contributed by atoms with Crippen molar-refractivity contribution < 1.29 is 64.2 Å². The highest BCUT2D eigenvalue weighted by molar-refractivity contribution is 5.76. The van der Waals surface area contributed by atoms with Crippen molar-refractivity contribution in [2.45, 2.75) is 139 Å². The number of nitrogens with one attached hydrogen (secondary N) is 2. The standard InChI is InChI=1S/C28H52N2O13/c1-13-23(42-26-21(37)18(34)14(32)12-39-26)20(36)22(38)27(40-13)43-24-19(35)17(15(11-31)41-25(24)28(2,3)4)30-16(33)9-7-6-8-10-29-5/h13-15,17-27,29,31-32,34-38H,6-12H2,1-5H3,(H,30,33)/t13?,14-,15-,17-,18?,19?,20?,21?,22?,23+,24?,25-,26+,27+/m1/s1. The van der Waals surface area contributed by atoms with Gasteiger partial charge >= 0.3 is 0 Å². The normalized spacial score (nSPS) is 42.5. The average molecular weight is 625 g/mol. The van der Waals surface area contributed by atoms with Crippen LogP contribution in [0.1, 0.15) is 53.4 Å². The minimum Gasteiger partial charge on any atom is -0.394 e. The van der Waals surface area contributed by atoms with E-state index >= 15 is 0 Å². The predicted molar refractivity (Wildman–Crippen MR) is 149 cm³/mol. The molecular weight excluding hydrogens is 572 g/mol. The quantitative estimate of drug-likeness (QED) is 0.0993. The molecule has 0 saturated carbocycles. The monoisotopic (exact) mass is 624 g/mol. The lowest BCUT2D eigenvalue weighted by atomic mass is 9.79. The Bertz CT molecular complexity index is 863. The minimum absolute atomic E-state index is 0.226. The number of amides is 1. The number of ether oxygens (including phenoxy) is 5. The van der Waals surface area contributed by atoms with Gasteiger partial charge in [0, 0.05) is 6.42 Å². The Hall–Kier alpha value is -1.05. The Morgan fingerprint density at radius 2 is 1.51 bits per heavy atom. The van der Waals surface area contributed by atoms with Gasteiger partial charge in [-0.05, 0) is 38.8 Å². The third-order valence-corrected chi connectivity index (χ3v) is 8.23. The highest BCUT2D eigenvalue weighted by atomic mass is 16.7. The van der Waals surface area contributed by atoms with E-state index in [2.05, 4.69) is 10.6 Å². The lowest BCUT2D eigenvalue weighted by Gasteiger charge is -2.51. The fourth-order valence-electron chi connectivity index (χ4n) is 5.67. The van der Waals surface area contributed by atoms with E-state index in [9.17, 15) is 40.5 Å². The molecule has 0 aliphatic carbocycles. The van der Waals surface area contributed by atoms with Crippen molar-refractivity contribution in [3.8, 4) is 0 Å². The molecule has 3 rings (SSSR count). The van der Waals surface area contributed by atoms with Gasteiger partial charge < -0.3 is 70.1 Å².